The van der Waals surface area contributed by atoms with Gasteiger partial charge in [-0.3, -0.25) is 4.90 Å². The molecule has 11 heavy (non-hydrogen) atoms. The van der Waals surface area contributed by atoms with Crippen LogP contribution in [0.25, 0.3) is 0 Å². The number of nitrogens with zero attached hydrogens (tertiary/aromatic N) is 1. The second kappa shape index (κ2) is 3.91. The van der Waals surface area contributed by atoms with Crippen molar-refractivity contribution >= 4 is 0 Å². The molecule has 0 aliphatic carbocycles. The Bertz CT molecular complexity index is 147. The Labute approximate surface area is 70.1 Å². The molecule has 1 heteroatoms. The molecule has 1 rings (SSSR count). The summed E-state index contributed by atoms with van der Waals surface area (Å²) in [6.07, 6.45) is 3.61. The van der Waals surface area contributed by atoms with E-state index >= 15 is 0 Å². The SMILES string of the molecule is CC1=CCCN(CC(C)C)C1. The van der Waals surface area contributed by atoms with Crippen molar-refractivity contribution < 1.29 is 0 Å². The van der Waals surface area contributed by atoms with E-state index in [1.54, 1.807) is 0 Å². The van der Waals surface area contributed by atoms with Gasteiger partial charge in [-0.1, -0.05) is 25.5 Å². The van der Waals surface area contributed by atoms with Crippen molar-refractivity contribution in [1.29, 1.82) is 0 Å². The molecule has 0 aromatic heterocycles. The summed E-state index contributed by atoms with van der Waals surface area (Å²) >= 11 is 0. The van der Waals surface area contributed by atoms with Crippen LogP contribution in [-0.4, -0.2) is 24.5 Å². The molecule has 1 heterocycles. The van der Waals surface area contributed by atoms with Gasteiger partial charge in [-0.15, -0.1) is 0 Å². The summed E-state index contributed by atoms with van der Waals surface area (Å²) < 4.78 is 0. The molecule has 0 saturated carbocycles. The average Bonchev–Trinajstić information content (AvgIpc) is 1.85. The van der Waals surface area contributed by atoms with E-state index in [0.717, 1.165) is 5.92 Å². The monoisotopic (exact) mass is 153 g/mol. The molecule has 0 bridgehead atoms. The largest absolute Gasteiger partial charge is 0.299 e. The molecule has 0 amide bonds. The van der Waals surface area contributed by atoms with E-state index in [-0.39, 0.29) is 0 Å². The van der Waals surface area contributed by atoms with Crippen LogP contribution in [0.5, 0.6) is 0 Å². The molecule has 0 N–H and O–H groups in total. The van der Waals surface area contributed by atoms with Crippen LogP contribution in [0.3, 0.4) is 0 Å². The second-order valence-electron chi connectivity index (χ2n) is 3.97. The maximum Gasteiger partial charge on any atom is 0.0190 e. The number of hydrogen-bond donors (Lipinski definition) is 0. The summed E-state index contributed by atoms with van der Waals surface area (Å²) in [5, 5.41) is 0. The van der Waals surface area contributed by atoms with Crippen molar-refractivity contribution in [3.63, 3.8) is 0 Å². The molecule has 0 spiro atoms. The van der Waals surface area contributed by atoms with Crippen molar-refractivity contribution in [2.75, 3.05) is 19.6 Å². The normalized spacial score (nSPS) is 20.5. The zero-order valence-electron chi connectivity index (χ0n) is 7.93. The van der Waals surface area contributed by atoms with E-state index in [0.29, 0.717) is 0 Å². The average molecular weight is 153 g/mol. The van der Waals surface area contributed by atoms with Crippen molar-refractivity contribution in [2.24, 2.45) is 5.92 Å². The van der Waals surface area contributed by atoms with Gasteiger partial charge in [0.15, 0.2) is 0 Å². The minimum absolute atomic E-state index is 0.806. The number of rotatable bonds is 2. The quantitative estimate of drug-likeness (QED) is 0.550. The lowest BCUT2D eigenvalue weighted by atomic mass is 10.1. The van der Waals surface area contributed by atoms with E-state index in [1.807, 2.05) is 0 Å². The van der Waals surface area contributed by atoms with Crippen LogP contribution in [-0.2, 0) is 0 Å². The molecule has 1 aliphatic rings. The van der Waals surface area contributed by atoms with E-state index < -0.39 is 0 Å². The van der Waals surface area contributed by atoms with Gasteiger partial charge in [0.2, 0.25) is 0 Å². The van der Waals surface area contributed by atoms with Gasteiger partial charge >= 0.3 is 0 Å². The summed E-state index contributed by atoms with van der Waals surface area (Å²) in [7, 11) is 0. The lowest BCUT2D eigenvalue weighted by Gasteiger charge is -2.27. The highest BCUT2D eigenvalue weighted by atomic mass is 15.1. The molecule has 0 unspecified atom stereocenters. The van der Waals surface area contributed by atoms with E-state index in [2.05, 4.69) is 31.7 Å². The number of hydrogen-bond acceptors (Lipinski definition) is 1. The lowest BCUT2D eigenvalue weighted by Crippen LogP contribution is -2.32. The highest BCUT2D eigenvalue weighted by molar-refractivity contribution is 5.04. The first-order chi connectivity index (χ1) is 5.18. The van der Waals surface area contributed by atoms with Gasteiger partial charge < -0.3 is 0 Å². The fourth-order valence-electron chi connectivity index (χ4n) is 1.66. The Morgan fingerprint density at radius 1 is 1.55 bits per heavy atom. The maximum absolute atomic E-state index is 2.54. The van der Waals surface area contributed by atoms with Gasteiger partial charge in [-0.05, 0) is 19.3 Å². The first-order valence-electron chi connectivity index (χ1n) is 4.56. The third-order valence-electron chi connectivity index (χ3n) is 2.03. The first-order valence-corrected chi connectivity index (χ1v) is 4.56. The molecule has 0 fully saturated rings. The Morgan fingerprint density at radius 3 is 2.82 bits per heavy atom. The molecule has 0 radical (unpaired) electrons. The molecule has 1 nitrogen and oxygen atoms in total. The highest BCUT2D eigenvalue weighted by Crippen LogP contribution is 2.10. The van der Waals surface area contributed by atoms with E-state index in [1.165, 1.54) is 31.6 Å². The summed E-state index contributed by atoms with van der Waals surface area (Å²) in [5.41, 5.74) is 1.54. The van der Waals surface area contributed by atoms with Crippen LogP contribution in [0.15, 0.2) is 11.6 Å². The van der Waals surface area contributed by atoms with Crippen LogP contribution in [0.2, 0.25) is 0 Å². The van der Waals surface area contributed by atoms with Crippen LogP contribution < -0.4 is 0 Å². The standard InChI is InChI=1S/C10H19N/c1-9(2)7-11-6-4-5-10(3)8-11/h5,9H,4,6-8H2,1-3H3. The van der Waals surface area contributed by atoms with Crippen LogP contribution in [0, 0.1) is 5.92 Å². The fourth-order valence-corrected chi connectivity index (χ4v) is 1.66. The third-order valence-corrected chi connectivity index (χ3v) is 2.03. The van der Waals surface area contributed by atoms with Gasteiger partial charge in [0.25, 0.3) is 0 Å². The van der Waals surface area contributed by atoms with E-state index in [4.69, 9.17) is 0 Å². The first kappa shape index (κ1) is 8.79. The zero-order chi connectivity index (χ0) is 8.27. The Morgan fingerprint density at radius 2 is 2.27 bits per heavy atom. The van der Waals surface area contributed by atoms with Crippen LogP contribution in [0.1, 0.15) is 27.2 Å². The van der Waals surface area contributed by atoms with Crippen molar-refractivity contribution in [1.82, 2.24) is 4.90 Å². The molecule has 0 atom stereocenters. The van der Waals surface area contributed by atoms with Gasteiger partial charge in [-0.25, -0.2) is 0 Å². The Balaban J connectivity index is 2.32. The molecule has 0 aromatic carbocycles. The van der Waals surface area contributed by atoms with Gasteiger partial charge in [-0.2, -0.15) is 0 Å². The Hall–Kier alpha value is -0.300. The molecular weight excluding hydrogens is 134 g/mol. The molecule has 64 valence electrons. The van der Waals surface area contributed by atoms with E-state index in [9.17, 15) is 0 Å². The summed E-state index contributed by atoms with van der Waals surface area (Å²) in [6.45, 7) is 10.5. The van der Waals surface area contributed by atoms with Crippen LogP contribution >= 0.6 is 0 Å². The van der Waals surface area contributed by atoms with Crippen molar-refractivity contribution in [3.8, 4) is 0 Å². The van der Waals surface area contributed by atoms with Crippen molar-refractivity contribution in [3.05, 3.63) is 11.6 Å². The predicted octanol–water partition coefficient (Wildman–Crippen LogP) is 2.29. The highest BCUT2D eigenvalue weighted by Gasteiger charge is 2.10. The fraction of sp³-hybridized carbons (Fsp3) is 0.800. The summed E-state index contributed by atoms with van der Waals surface area (Å²) in [5.74, 6) is 0.806. The minimum atomic E-state index is 0.806. The Kier molecular flexibility index (Phi) is 3.13. The zero-order valence-corrected chi connectivity index (χ0v) is 7.93. The van der Waals surface area contributed by atoms with Crippen molar-refractivity contribution in [2.45, 2.75) is 27.2 Å². The smallest absolute Gasteiger partial charge is 0.0190 e. The topological polar surface area (TPSA) is 3.24 Å². The van der Waals surface area contributed by atoms with Gasteiger partial charge in [0, 0.05) is 19.6 Å². The summed E-state index contributed by atoms with van der Waals surface area (Å²) in [6, 6.07) is 0. The summed E-state index contributed by atoms with van der Waals surface area (Å²) in [4.78, 5) is 2.54. The van der Waals surface area contributed by atoms with Gasteiger partial charge in [0.05, 0.1) is 0 Å². The molecule has 1 aliphatic heterocycles. The molecular formula is C10H19N. The predicted molar refractivity (Wildman–Crippen MR) is 49.7 cm³/mol. The molecule has 0 aromatic rings. The lowest BCUT2D eigenvalue weighted by molar-refractivity contribution is 0.258. The van der Waals surface area contributed by atoms with Gasteiger partial charge in [0.1, 0.15) is 0 Å². The second-order valence-corrected chi connectivity index (χ2v) is 3.97. The van der Waals surface area contributed by atoms with Crippen LogP contribution in [0.4, 0.5) is 0 Å². The third kappa shape index (κ3) is 3.06. The minimum Gasteiger partial charge on any atom is -0.299 e. The molecule has 0 saturated heterocycles. The maximum atomic E-state index is 2.54.